The van der Waals surface area contributed by atoms with Crippen LogP contribution < -0.4 is 10.1 Å². The van der Waals surface area contributed by atoms with Crippen LogP contribution in [0.2, 0.25) is 0 Å². The van der Waals surface area contributed by atoms with Crippen molar-refractivity contribution in [3.05, 3.63) is 34.2 Å². The van der Waals surface area contributed by atoms with Crippen LogP contribution in [-0.2, 0) is 13.0 Å². The summed E-state index contributed by atoms with van der Waals surface area (Å²) in [5.41, 5.74) is 1.39. The van der Waals surface area contributed by atoms with Crippen molar-refractivity contribution in [1.29, 1.82) is 0 Å². The van der Waals surface area contributed by atoms with Gasteiger partial charge in [-0.25, -0.2) is 4.98 Å². The lowest BCUT2D eigenvalue weighted by molar-refractivity contribution is 0.305. The zero-order valence-corrected chi connectivity index (χ0v) is 12.2. The van der Waals surface area contributed by atoms with Crippen LogP contribution in [0, 0.1) is 0 Å². The van der Waals surface area contributed by atoms with E-state index < -0.39 is 0 Å². The maximum absolute atomic E-state index is 5.49. The first-order valence-corrected chi connectivity index (χ1v) is 7.46. The van der Waals surface area contributed by atoms with Gasteiger partial charge in [0.15, 0.2) is 0 Å². The molecule has 0 bridgehead atoms. The van der Waals surface area contributed by atoms with Crippen molar-refractivity contribution in [3.63, 3.8) is 0 Å². The molecule has 19 heavy (non-hydrogen) atoms. The van der Waals surface area contributed by atoms with Gasteiger partial charge in [-0.2, -0.15) is 4.98 Å². The van der Waals surface area contributed by atoms with Gasteiger partial charge in [-0.05, 0) is 29.9 Å². The Labute approximate surface area is 117 Å². The first-order valence-electron chi connectivity index (χ1n) is 6.58. The zero-order valence-electron chi connectivity index (χ0n) is 11.3. The fourth-order valence-electron chi connectivity index (χ4n) is 1.71. The molecule has 2 rings (SSSR count). The molecule has 0 spiro atoms. The molecule has 2 aromatic heterocycles. The van der Waals surface area contributed by atoms with Crippen molar-refractivity contribution in [2.75, 3.05) is 11.9 Å². The SMILES string of the molecule is CCCOc1ccnc(NCc2sccc2CC)n1. The molecule has 5 heteroatoms. The van der Waals surface area contributed by atoms with Crippen molar-refractivity contribution in [2.24, 2.45) is 0 Å². The van der Waals surface area contributed by atoms with Gasteiger partial charge in [0.2, 0.25) is 11.8 Å². The van der Waals surface area contributed by atoms with Crippen molar-refractivity contribution >= 4 is 17.3 Å². The summed E-state index contributed by atoms with van der Waals surface area (Å²) in [6, 6.07) is 3.95. The third kappa shape index (κ3) is 3.92. The number of nitrogens with one attached hydrogen (secondary N) is 1. The topological polar surface area (TPSA) is 47.0 Å². The highest BCUT2D eigenvalue weighted by molar-refractivity contribution is 7.10. The number of hydrogen-bond donors (Lipinski definition) is 1. The Hall–Kier alpha value is -1.62. The lowest BCUT2D eigenvalue weighted by Gasteiger charge is -2.07. The Balaban J connectivity index is 1.95. The number of rotatable bonds is 7. The van der Waals surface area contributed by atoms with Crippen LogP contribution in [0.15, 0.2) is 23.7 Å². The van der Waals surface area contributed by atoms with Crippen LogP contribution in [0.25, 0.3) is 0 Å². The normalized spacial score (nSPS) is 10.4. The molecule has 0 atom stereocenters. The van der Waals surface area contributed by atoms with E-state index in [2.05, 4.69) is 40.6 Å². The minimum Gasteiger partial charge on any atom is -0.478 e. The average Bonchev–Trinajstić information content (AvgIpc) is 2.91. The van der Waals surface area contributed by atoms with Crippen LogP contribution in [0.1, 0.15) is 30.7 Å². The van der Waals surface area contributed by atoms with E-state index in [0.29, 0.717) is 18.4 Å². The maximum atomic E-state index is 5.49. The molecule has 0 saturated carbocycles. The number of aryl methyl sites for hydroxylation is 1. The largest absolute Gasteiger partial charge is 0.478 e. The molecule has 0 aliphatic carbocycles. The fraction of sp³-hybridized carbons (Fsp3) is 0.429. The summed E-state index contributed by atoms with van der Waals surface area (Å²) >= 11 is 1.76. The van der Waals surface area contributed by atoms with E-state index in [1.165, 1.54) is 10.4 Å². The van der Waals surface area contributed by atoms with E-state index in [4.69, 9.17) is 4.74 Å². The third-order valence-corrected chi connectivity index (χ3v) is 3.67. The van der Waals surface area contributed by atoms with Crippen LogP contribution in [0.3, 0.4) is 0 Å². The third-order valence-electron chi connectivity index (χ3n) is 2.71. The highest BCUT2D eigenvalue weighted by atomic mass is 32.1. The highest BCUT2D eigenvalue weighted by Gasteiger charge is 2.04. The standard InChI is InChI=1S/C14H19N3OS/c1-3-8-18-13-5-7-15-14(17-13)16-10-12-11(4-2)6-9-19-12/h5-7,9H,3-4,8,10H2,1-2H3,(H,15,16,17). The Morgan fingerprint density at radius 1 is 1.32 bits per heavy atom. The molecule has 0 aromatic carbocycles. The van der Waals surface area contributed by atoms with Gasteiger partial charge in [0.05, 0.1) is 13.2 Å². The van der Waals surface area contributed by atoms with E-state index in [0.717, 1.165) is 19.4 Å². The van der Waals surface area contributed by atoms with Crippen molar-refractivity contribution in [2.45, 2.75) is 33.2 Å². The maximum Gasteiger partial charge on any atom is 0.226 e. The van der Waals surface area contributed by atoms with Crippen LogP contribution >= 0.6 is 11.3 Å². The predicted octanol–water partition coefficient (Wildman–Crippen LogP) is 3.50. The average molecular weight is 277 g/mol. The van der Waals surface area contributed by atoms with Gasteiger partial charge in [0, 0.05) is 17.1 Å². The second-order valence-corrected chi connectivity index (χ2v) is 5.14. The van der Waals surface area contributed by atoms with Crippen LogP contribution in [-0.4, -0.2) is 16.6 Å². The summed E-state index contributed by atoms with van der Waals surface area (Å²) in [6.07, 6.45) is 3.75. The number of ether oxygens (including phenoxy) is 1. The summed E-state index contributed by atoms with van der Waals surface area (Å²) in [6.45, 7) is 5.68. The summed E-state index contributed by atoms with van der Waals surface area (Å²) in [4.78, 5) is 9.87. The molecule has 0 aliphatic heterocycles. The van der Waals surface area contributed by atoms with Gasteiger partial charge >= 0.3 is 0 Å². The van der Waals surface area contributed by atoms with E-state index in [9.17, 15) is 0 Å². The Bertz CT molecular complexity index is 513. The smallest absolute Gasteiger partial charge is 0.226 e. The van der Waals surface area contributed by atoms with Crippen molar-refractivity contribution in [3.8, 4) is 5.88 Å². The summed E-state index contributed by atoms with van der Waals surface area (Å²) < 4.78 is 5.49. The second kappa shape index (κ2) is 7.09. The van der Waals surface area contributed by atoms with Gasteiger partial charge < -0.3 is 10.1 Å². The first kappa shape index (κ1) is 13.8. The second-order valence-electron chi connectivity index (χ2n) is 4.14. The van der Waals surface area contributed by atoms with Gasteiger partial charge in [-0.15, -0.1) is 11.3 Å². The van der Waals surface area contributed by atoms with Gasteiger partial charge in [-0.1, -0.05) is 13.8 Å². The monoisotopic (exact) mass is 277 g/mol. The van der Waals surface area contributed by atoms with Crippen LogP contribution in [0.4, 0.5) is 5.95 Å². The Morgan fingerprint density at radius 2 is 2.21 bits per heavy atom. The summed E-state index contributed by atoms with van der Waals surface area (Å²) in [7, 11) is 0. The molecule has 0 aliphatic rings. The van der Waals surface area contributed by atoms with Gasteiger partial charge in [0.1, 0.15) is 0 Å². The molecule has 102 valence electrons. The lowest BCUT2D eigenvalue weighted by Crippen LogP contribution is -2.05. The molecule has 0 fully saturated rings. The fourth-order valence-corrected chi connectivity index (χ4v) is 2.63. The molecule has 2 aromatic rings. The lowest BCUT2D eigenvalue weighted by atomic mass is 10.2. The molecule has 0 unspecified atom stereocenters. The summed E-state index contributed by atoms with van der Waals surface area (Å²) in [5.74, 6) is 1.24. The number of thiophene rings is 1. The Kier molecular flexibility index (Phi) is 5.15. The number of nitrogens with zero attached hydrogens (tertiary/aromatic N) is 2. The number of hydrogen-bond acceptors (Lipinski definition) is 5. The highest BCUT2D eigenvalue weighted by Crippen LogP contribution is 2.18. The molecule has 0 saturated heterocycles. The zero-order chi connectivity index (χ0) is 13.5. The molecular formula is C14H19N3OS. The van der Waals surface area contributed by atoms with E-state index in [1.807, 2.05) is 0 Å². The molecule has 0 amide bonds. The van der Waals surface area contributed by atoms with E-state index in [-0.39, 0.29) is 0 Å². The van der Waals surface area contributed by atoms with E-state index in [1.54, 1.807) is 23.6 Å². The number of anilines is 1. The molecule has 0 radical (unpaired) electrons. The number of aromatic nitrogens is 2. The van der Waals surface area contributed by atoms with Crippen molar-refractivity contribution < 1.29 is 4.74 Å². The quantitative estimate of drug-likeness (QED) is 0.841. The molecular weight excluding hydrogens is 258 g/mol. The van der Waals surface area contributed by atoms with Crippen molar-refractivity contribution in [1.82, 2.24) is 9.97 Å². The predicted molar refractivity (Wildman–Crippen MR) is 78.8 cm³/mol. The molecule has 4 nitrogen and oxygen atoms in total. The Morgan fingerprint density at radius 3 is 3.00 bits per heavy atom. The molecule has 1 N–H and O–H groups in total. The summed E-state index contributed by atoms with van der Waals surface area (Å²) in [5, 5.41) is 5.37. The minimum atomic E-state index is 0.615. The first-order chi connectivity index (χ1) is 9.33. The minimum absolute atomic E-state index is 0.615. The van der Waals surface area contributed by atoms with Crippen LogP contribution in [0.5, 0.6) is 5.88 Å². The van der Waals surface area contributed by atoms with Gasteiger partial charge in [-0.3, -0.25) is 0 Å². The van der Waals surface area contributed by atoms with Gasteiger partial charge in [0.25, 0.3) is 0 Å². The molecule has 2 heterocycles. The van der Waals surface area contributed by atoms with E-state index >= 15 is 0 Å².